The molecule has 1 unspecified atom stereocenters. The summed E-state index contributed by atoms with van der Waals surface area (Å²) in [6.07, 6.45) is 2.28. The summed E-state index contributed by atoms with van der Waals surface area (Å²) in [6.45, 7) is 3.12. The number of ether oxygens (including phenoxy) is 3. The van der Waals surface area contributed by atoms with Crippen LogP contribution in [0.15, 0.2) is 72.8 Å². The van der Waals surface area contributed by atoms with E-state index in [1.807, 2.05) is 30.0 Å². The summed E-state index contributed by atoms with van der Waals surface area (Å²) < 4.78 is 32.9. The maximum atomic E-state index is 15.5. The van der Waals surface area contributed by atoms with Gasteiger partial charge in [0.2, 0.25) is 5.88 Å². The van der Waals surface area contributed by atoms with Gasteiger partial charge in [-0.15, -0.1) is 0 Å². The van der Waals surface area contributed by atoms with E-state index in [2.05, 4.69) is 27.4 Å². The number of nitrogens with zero attached hydrogens (tertiary/aromatic N) is 2. The first-order valence-electron chi connectivity index (χ1n) is 14.1. The third kappa shape index (κ3) is 5.00. The summed E-state index contributed by atoms with van der Waals surface area (Å²) in [5, 5.41) is 4.71. The van der Waals surface area contributed by atoms with Crippen molar-refractivity contribution in [2.45, 2.75) is 37.8 Å². The van der Waals surface area contributed by atoms with E-state index < -0.39 is 11.9 Å². The second-order valence-corrected chi connectivity index (χ2v) is 11.2. The average Bonchev–Trinajstić information content (AvgIpc) is 3.64. The van der Waals surface area contributed by atoms with Crippen molar-refractivity contribution in [3.8, 4) is 23.1 Å². The van der Waals surface area contributed by atoms with Crippen LogP contribution in [0.1, 0.15) is 24.1 Å². The molecule has 2 aromatic heterocycles. The molecule has 1 saturated heterocycles. The SMILES string of the molecule is COc1ccc2c(Oc3ccc4[nH]c(C)cc4c3F)cc(OC(=O)N3CC4(CC4)NCC3Cc3ccccc3)nc2c1. The fourth-order valence-electron chi connectivity index (χ4n) is 5.77. The molecule has 9 heteroatoms. The highest BCUT2D eigenvalue weighted by Gasteiger charge is 2.49. The van der Waals surface area contributed by atoms with Gasteiger partial charge in [-0.2, -0.15) is 0 Å². The van der Waals surface area contributed by atoms with Gasteiger partial charge in [0.15, 0.2) is 11.6 Å². The Labute approximate surface area is 242 Å². The normalized spacial score (nSPS) is 17.5. The maximum absolute atomic E-state index is 15.5. The van der Waals surface area contributed by atoms with Crippen molar-refractivity contribution in [1.29, 1.82) is 0 Å². The van der Waals surface area contributed by atoms with Crippen molar-refractivity contribution in [2.75, 3.05) is 20.2 Å². The van der Waals surface area contributed by atoms with Crippen molar-refractivity contribution in [3.63, 3.8) is 0 Å². The molecule has 1 aliphatic heterocycles. The van der Waals surface area contributed by atoms with Gasteiger partial charge in [0.1, 0.15) is 11.5 Å². The maximum Gasteiger partial charge on any atom is 0.416 e. The Kier molecular flexibility index (Phi) is 6.46. The van der Waals surface area contributed by atoms with Crippen LogP contribution >= 0.6 is 0 Å². The molecule has 3 heterocycles. The summed E-state index contributed by atoms with van der Waals surface area (Å²) in [7, 11) is 1.57. The molecular formula is C33H31FN4O4. The number of nitrogens with one attached hydrogen (secondary N) is 2. The number of H-pyrrole nitrogens is 1. The van der Waals surface area contributed by atoms with E-state index in [1.165, 1.54) is 0 Å². The Morgan fingerprint density at radius 3 is 2.67 bits per heavy atom. The largest absolute Gasteiger partial charge is 0.497 e. The van der Waals surface area contributed by atoms with Crippen molar-refractivity contribution in [1.82, 2.24) is 20.2 Å². The molecule has 42 heavy (non-hydrogen) atoms. The van der Waals surface area contributed by atoms with Gasteiger partial charge in [-0.1, -0.05) is 30.3 Å². The van der Waals surface area contributed by atoms with Crippen LogP contribution < -0.4 is 19.5 Å². The number of amides is 1. The van der Waals surface area contributed by atoms with Gasteiger partial charge in [-0.25, -0.2) is 14.2 Å². The molecule has 1 spiro atoms. The summed E-state index contributed by atoms with van der Waals surface area (Å²) in [5.41, 5.74) is 3.14. The molecule has 8 nitrogen and oxygen atoms in total. The number of pyridine rings is 1. The van der Waals surface area contributed by atoms with E-state index in [1.54, 1.807) is 49.6 Å². The fraction of sp³-hybridized carbons (Fsp3) is 0.273. The predicted octanol–water partition coefficient (Wildman–Crippen LogP) is 6.51. The lowest BCUT2D eigenvalue weighted by Crippen LogP contribution is -2.60. The number of fused-ring (bicyclic) bond motifs is 2. The number of halogens is 1. The van der Waals surface area contributed by atoms with Crippen LogP contribution in [0.25, 0.3) is 21.8 Å². The van der Waals surface area contributed by atoms with Crippen LogP contribution in [0.5, 0.6) is 23.1 Å². The fourth-order valence-corrected chi connectivity index (χ4v) is 5.77. The number of methoxy groups -OCH3 is 1. The Bertz CT molecular complexity index is 1800. The highest BCUT2D eigenvalue weighted by Crippen LogP contribution is 2.40. The molecule has 2 fully saturated rings. The summed E-state index contributed by atoms with van der Waals surface area (Å²) in [4.78, 5) is 23.3. The van der Waals surface area contributed by atoms with Gasteiger partial charge in [0.25, 0.3) is 0 Å². The van der Waals surface area contributed by atoms with E-state index in [0.717, 1.165) is 24.1 Å². The first-order chi connectivity index (χ1) is 20.4. The van der Waals surface area contributed by atoms with Crippen LogP contribution in [0.3, 0.4) is 0 Å². The summed E-state index contributed by atoms with van der Waals surface area (Å²) >= 11 is 0. The summed E-state index contributed by atoms with van der Waals surface area (Å²) in [5.74, 6) is 0.545. The van der Waals surface area contributed by atoms with Gasteiger partial charge in [-0.05, 0) is 62.1 Å². The Morgan fingerprint density at radius 2 is 1.88 bits per heavy atom. The number of carbonyl (C=O) groups excluding carboxylic acids is 1. The molecule has 5 aromatic rings. The molecule has 1 amide bonds. The smallest absolute Gasteiger partial charge is 0.416 e. The van der Waals surface area contributed by atoms with E-state index in [-0.39, 0.29) is 23.2 Å². The van der Waals surface area contributed by atoms with Crippen molar-refractivity contribution >= 4 is 27.9 Å². The lowest BCUT2D eigenvalue weighted by molar-refractivity contribution is 0.0986. The van der Waals surface area contributed by atoms with Gasteiger partial charge in [0, 0.05) is 52.7 Å². The molecule has 1 atom stereocenters. The lowest BCUT2D eigenvalue weighted by Gasteiger charge is -2.40. The zero-order valence-corrected chi connectivity index (χ0v) is 23.4. The van der Waals surface area contributed by atoms with Crippen LogP contribution in [-0.4, -0.2) is 52.7 Å². The minimum atomic E-state index is -0.479. The third-order valence-electron chi connectivity index (χ3n) is 8.23. The Balaban J connectivity index is 1.21. The summed E-state index contributed by atoms with van der Waals surface area (Å²) in [6, 6.07) is 22.0. The number of aryl methyl sites for hydroxylation is 1. The molecule has 1 saturated carbocycles. The number of piperazine rings is 1. The second kappa shape index (κ2) is 10.3. The molecule has 0 bridgehead atoms. The first kappa shape index (κ1) is 26.3. The number of hydrogen-bond donors (Lipinski definition) is 2. The minimum Gasteiger partial charge on any atom is -0.497 e. The van der Waals surface area contributed by atoms with Crippen LogP contribution in [-0.2, 0) is 6.42 Å². The Morgan fingerprint density at radius 1 is 1.05 bits per heavy atom. The van der Waals surface area contributed by atoms with Gasteiger partial charge in [-0.3, -0.25) is 0 Å². The third-order valence-corrected chi connectivity index (χ3v) is 8.23. The molecule has 1 aliphatic carbocycles. The predicted molar refractivity (Wildman–Crippen MR) is 158 cm³/mol. The van der Waals surface area contributed by atoms with Gasteiger partial charge >= 0.3 is 6.09 Å². The van der Waals surface area contributed by atoms with E-state index >= 15 is 4.39 Å². The number of aromatic nitrogens is 2. The quantitative estimate of drug-likeness (QED) is 0.244. The zero-order chi connectivity index (χ0) is 28.8. The average molecular weight is 567 g/mol. The second-order valence-electron chi connectivity index (χ2n) is 11.2. The number of hydrogen-bond acceptors (Lipinski definition) is 6. The number of benzene rings is 3. The minimum absolute atomic E-state index is 0.0442. The van der Waals surface area contributed by atoms with Crippen LogP contribution in [0.2, 0.25) is 0 Å². The molecule has 2 N–H and O–H groups in total. The number of aromatic amines is 1. The van der Waals surface area contributed by atoms with Crippen LogP contribution in [0, 0.1) is 12.7 Å². The van der Waals surface area contributed by atoms with Crippen molar-refractivity contribution in [2.24, 2.45) is 0 Å². The standard InChI is InChI=1S/C33H31FN4O4/c1-20-14-25-26(36-20)10-11-28(31(25)34)41-29-17-30(37-27-16-23(40-2)8-9-24(27)29)42-32(39)38-19-33(12-13-33)35-18-22(38)15-21-6-4-3-5-7-21/h3-11,14,16-17,22,35-36H,12-13,15,18-19H2,1-2H3. The topological polar surface area (TPSA) is 88.7 Å². The number of rotatable bonds is 6. The lowest BCUT2D eigenvalue weighted by atomic mass is 10.0. The molecule has 3 aromatic carbocycles. The number of carbonyl (C=O) groups is 1. The molecule has 2 aliphatic rings. The molecule has 0 radical (unpaired) electrons. The monoisotopic (exact) mass is 566 g/mol. The van der Waals surface area contributed by atoms with E-state index in [4.69, 9.17) is 14.2 Å². The molecule has 7 rings (SSSR count). The van der Waals surface area contributed by atoms with Crippen LogP contribution in [0.4, 0.5) is 9.18 Å². The Hall–Kier alpha value is -4.63. The zero-order valence-electron chi connectivity index (χ0n) is 23.4. The molecule has 214 valence electrons. The first-order valence-corrected chi connectivity index (χ1v) is 14.1. The van der Waals surface area contributed by atoms with Gasteiger partial charge < -0.3 is 29.4 Å². The van der Waals surface area contributed by atoms with E-state index in [0.29, 0.717) is 52.8 Å². The highest BCUT2D eigenvalue weighted by atomic mass is 19.1. The van der Waals surface area contributed by atoms with Crippen molar-refractivity contribution in [3.05, 3.63) is 89.9 Å². The molecular weight excluding hydrogens is 535 g/mol. The highest BCUT2D eigenvalue weighted by molar-refractivity contribution is 5.88. The van der Waals surface area contributed by atoms with Gasteiger partial charge in [0.05, 0.1) is 18.7 Å². The van der Waals surface area contributed by atoms with E-state index in [9.17, 15) is 4.79 Å². The van der Waals surface area contributed by atoms with Crippen molar-refractivity contribution < 1.29 is 23.4 Å².